The number of aromatic nitrogens is 1. The molecule has 0 aliphatic rings. The van der Waals surface area contributed by atoms with E-state index in [-0.39, 0.29) is 0 Å². The minimum atomic E-state index is 0.634. The van der Waals surface area contributed by atoms with E-state index in [0.717, 1.165) is 10.8 Å². The van der Waals surface area contributed by atoms with Gasteiger partial charge in [0, 0.05) is 28.2 Å². The first-order valence-corrected chi connectivity index (χ1v) is 4.22. The Kier molecular flexibility index (Phi) is 1.91. The van der Waals surface area contributed by atoms with Gasteiger partial charge in [0.05, 0.1) is 5.02 Å². The molecule has 1 aromatic heterocycles. The molecule has 1 nitrogen and oxygen atoms in total. The van der Waals surface area contributed by atoms with Crippen molar-refractivity contribution in [2.45, 2.75) is 0 Å². The largest absolute Gasteiger partial charge is 0.262 e. The van der Waals surface area contributed by atoms with E-state index < -0.39 is 0 Å². The zero-order valence-corrected chi connectivity index (χ0v) is 7.60. The topological polar surface area (TPSA) is 12.9 Å². The molecule has 0 bridgehead atoms. The number of pyridine rings is 1. The van der Waals surface area contributed by atoms with Crippen molar-refractivity contribution in [2.24, 2.45) is 0 Å². The summed E-state index contributed by atoms with van der Waals surface area (Å²) in [6, 6.07) is 5.61. The SMILES string of the molecule is Clc1cncc2c(Cl)cccc12. The van der Waals surface area contributed by atoms with Crippen LogP contribution in [-0.4, -0.2) is 4.98 Å². The summed E-state index contributed by atoms with van der Waals surface area (Å²) < 4.78 is 0. The average Bonchev–Trinajstić information content (AvgIpc) is 2.07. The lowest BCUT2D eigenvalue weighted by Crippen LogP contribution is -1.77. The van der Waals surface area contributed by atoms with E-state index >= 15 is 0 Å². The number of halogens is 2. The van der Waals surface area contributed by atoms with Gasteiger partial charge in [-0.15, -0.1) is 0 Å². The molecule has 3 heteroatoms. The minimum Gasteiger partial charge on any atom is -0.262 e. The van der Waals surface area contributed by atoms with E-state index in [0.29, 0.717) is 10.0 Å². The molecule has 0 saturated carbocycles. The van der Waals surface area contributed by atoms with Crippen molar-refractivity contribution in [3.8, 4) is 0 Å². The van der Waals surface area contributed by atoms with Crippen molar-refractivity contribution in [1.29, 1.82) is 0 Å². The van der Waals surface area contributed by atoms with Gasteiger partial charge >= 0.3 is 0 Å². The lowest BCUT2D eigenvalue weighted by Gasteiger charge is -1.99. The number of hydrogen-bond donors (Lipinski definition) is 0. The summed E-state index contributed by atoms with van der Waals surface area (Å²) in [5, 5.41) is 3.16. The summed E-state index contributed by atoms with van der Waals surface area (Å²) in [7, 11) is 0. The Morgan fingerprint density at radius 2 is 1.75 bits per heavy atom. The van der Waals surface area contributed by atoms with Crippen LogP contribution in [0.3, 0.4) is 0 Å². The monoisotopic (exact) mass is 197 g/mol. The summed E-state index contributed by atoms with van der Waals surface area (Å²) in [5.74, 6) is 0. The second-order valence-electron chi connectivity index (χ2n) is 2.46. The molecule has 0 saturated heterocycles. The van der Waals surface area contributed by atoms with Gasteiger partial charge in [0.1, 0.15) is 0 Å². The normalized spacial score (nSPS) is 10.5. The molecule has 1 aromatic carbocycles. The Morgan fingerprint density at radius 3 is 2.50 bits per heavy atom. The highest BCUT2D eigenvalue weighted by Crippen LogP contribution is 2.27. The highest BCUT2D eigenvalue weighted by Gasteiger charge is 2.00. The Morgan fingerprint density at radius 1 is 0.917 bits per heavy atom. The minimum absolute atomic E-state index is 0.634. The third-order valence-corrected chi connectivity index (χ3v) is 2.33. The van der Waals surface area contributed by atoms with Gasteiger partial charge in [-0.25, -0.2) is 0 Å². The van der Waals surface area contributed by atoms with Crippen molar-refractivity contribution < 1.29 is 0 Å². The summed E-state index contributed by atoms with van der Waals surface area (Å²) >= 11 is 11.8. The van der Waals surface area contributed by atoms with E-state index in [2.05, 4.69) is 4.98 Å². The summed E-state index contributed by atoms with van der Waals surface area (Å²) in [6.07, 6.45) is 3.32. The van der Waals surface area contributed by atoms with Crippen LogP contribution in [0.4, 0.5) is 0 Å². The van der Waals surface area contributed by atoms with E-state index in [9.17, 15) is 0 Å². The van der Waals surface area contributed by atoms with Crippen LogP contribution >= 0.6 is 23.2 Å². The molecule has 0 fully saturated rings. The molecule has 0 spiro atoms. The van der Waals surface area contributed by atoms with Gasteiger partial charge in [-0.3, -0.25) is 4.98 Å². The molecule has 2 aromatic rings. The third kappa shape index (κ3) is 1.15. The summed E-state index contributed by atoms with van der Waals surface area (Å²) in [6.45, 7) is 0. The highest BCUT2D eigenvalue weighted by molar-refractivity contribution is 6.39. The lowest BCUT2D eigenvalue weighted by atomic mass is 10.2. The standard InChI is InChI=1S/C9H5Cl2N/c10-8-3-1-2-6-7(8)4-12-5-9(6)11/h1-5H. The molecule has 0 aliphatic heterocycles. The molecule has 12 heavy (non-hydrogen) atoms. The molecular weight excluding hydrogens is 193 g/mol. The molecule has 0 amide bonds. The molecule has 0 radical (unpaired) electrons. The second-order valence-corrected chi connectivity index (χ2v) is 3.27. The van der Waals surface area contributed by atoms with Gasteiger partial charge in [-0.05, 0) is 6.07 Å². The molecule has 60 valence electrons. The molecule has 0 atom stereocenters. The average molecular weight is 198 g/mol. The van der Waals surface area contributed by atoms with Crippen LogP contribution in [0.15, 0.2) is 30.6 Å². The van der Waals surface area contributed by atoms with Gasteiger partial charge in [0.2, 0.25) is 0 Å². The highest BCUT2D eigenvalue weighted by atomic mass is 35.5. The van der Waals surface area contributed by atoms with Gasteiger partial charge in [0.15, 0.2) is 0 Å². The Labute approximate surface area is 79.9 Å². The van der Waals surface area contributed by atoms with E-state index in [4.69, 9.17) is 23.2 Å². The fourth-order valence-corrected chi connectivity index (χ4v) is 1.57. The predicted octanol–water partition coefficient (Wildman–Crippen LogP) is 3.54. The molecule has 2 rings (SSSR count). The quantitative estimate of drug-likeness (QED) is 0.630. The maximum absolute atomic E-state index is 5.93. The molecule has 1 heterocycles. The van der Waals surface area contributed by atoms with Crippen LogP contribution in [0.2, 0.25) is 10.0 Å². The molecular formula is C9H5Cl2N. The van der Waals surface area contributed by atoms with Crippen molar-refractivity contribution >= 4 is 34.0 Å². The fourth-order valence-electron chi connectivity index (χ4n) is 1.12. The number of benzene rings is 1. The van der Waals surface area contributed by atoms with Crippen molar-refractivity contribution in [3.63, 3.8) is 0 Å². The molecule has 0 unspecified atom stereocenters. The zero-order chi connectivity index (χ0) is 8.55. The number of rotatable bonds is 0. The van der Waals surface area contributed by atoms with Crippen molar-refractivity contribution in [3.05, 3.63) is 40.6 Å². The maximum Gasteiger partial charge on any atom is 0.0668 e. The first kappa shape index (κ1) is 7.84. The van der Waals surface area contributed by atoms with Crippen molar-refractivity contribution in [2.75, 3.05) is 0 Å². The predicted molar refractivity (Wildman–Crippen MR) is 51.8 cm³/mol. The van der Waals surface area contributed by atoms with Gasteiger partial charge in [-0.1, -0.05) is 35.3 Å². The van der Waals surface area contributed by atoms with Crippen LogP contribution in [0.25, 0.3) is 10.8 Å². The maximum atomic E-state index is 5.93. The number of fused-ring (bicyclic) bond motifs is 1. The molecule has 0 N–H and O–H groups in total. The van der Waals surface area contributed by atoms with Crippen LogP contribution in [-0.2, 0) is 0 Å². The van der Waals surface area contributed by atoms with Gasteiger partial charge in [-0.2, -0.15) is 0 Å². The number of nitrogens with zero attached hydrogens (tertiary/aromatic N) is 1. The first-order chi connectivity index (χ1) is 5.79. The summed E-state index contributed by atoms with van der Waals surface area (Å²) in [4.78, 5) is 3.96. The number of hydrogen-bond acceptors (Lipinski definition) is 1. The Bertz CT molecular complexity index is 385. The smallest absolute Gasteiger partial charge is 0.0668 e. The fraction of sp³-hybridized carbons (Fsp3) is 0. The van der Waals surface area contributed by atoms with E-state index in [1.54, 1.807) is 12.4 Å². The Balaban J connectivity index is 2.94. The molecule has 0 aliphatic carbocycles. The van der Waals surface area contributed by atoms with Gasteiger partial charge < -0.3 is 0 Å². The van der Waals surface area contributed by atoms with Crippen LogP contribution in [0.1, 0.15) is 0 Å². The van der Waals surface area contributed by atoms with Crippen LogP contribution < -0.4 is 0 Å². The second kappa shape index (κ2) is 2.92. The van der Waals surface area contributed by atoms with Crippen LogP contribution in [0, 0.1) is 0 Å². The zero-order valence-electron chi connectivity index (χ0n) is 6.09. The first-order valence-electron chi connectivity index (χ1n) is 3.47. The lowest BCUT2D eigenvalue weighted by molar-refractivity contribution is 1.36. The van der Waals surface area contributed by atoms with E-state index in [1.165, 1.54) is 0 Å². The van der Waals surface area contributed by atoms with E-state index in [1.807, 2.05) is 18.2 Å². The Hall–Kier alpha value is -0.790. The van der Waals surface area contributed by atoms with Crippen molar-refractivity contribution in [1.82, 2.24) is 4.98 Å². The van der Waals surface area contributed by atoms with Gasteiger partial charge in [0.25, 0.3) is 0 Å². The third-order valence-electron chi connectivity index (χ3n) is 1.70. The van der Waals surface area contributed by atoms with Crippen LogP contribution in [0.5, 0.6) is 0 Å². The summed E-state index contributed by atoms with van der Waals surface area (Å²) in [5.41, 5.74) is 0.